The molecule has 1 aromatic carbocycles. The van der Waals surface area contributed by atoms with Gasteiger partial charge < -0.3 is 20.9 Å². The normalized spacial score (nSPS) is 16.8. The van der Waals surface area contributed by atoms with Crippen LogP contribution in [0.2, 0.25) is 0 Å². The number of hydrogen-bond donors (Lipinski definition) is 3. The van der Waals surface area contributed by atoms with Crippen LogP contribution < -0.4 is 20.9 Å². The number of para-hydroxylation sites is 1. The first-order chi connectivity index (χ1) is 14.3. The average Bonchev–Trinajstić information content (AvgIpc) is 3.59. The first kappa shape index (κ1) is 18.1. The Bertz CT molecular complexity index is 1010. The van der Waals surface area contributed by atoms with E-state index in [2.05, 4.69) is 49.9 Å². The summed E-state index contributed by atoms with van der Waals surface area (Å²) in [5.41, 5.74) is 3.71. The van der Waals surface area contributed by atoms with E-state index in [1.54, 1.807) is 6.33 Å². The quantitative estimate of drug-likeness (QED) is 0.588. The molecule has 2 aliphatic rings. The molecule has 1 saturated heterocycles. The van der Waals surface area contributed by atoms with E-state index in [1.807, 2.05) is 12.1 Å². The van der Waals surface area contributed by atoms with Crippen molar-refractivity contribution in [1.29, 1.82) is 0 Å². The zero-order chi connectivity index (χ0) is 19.6. The molecule has 8 heteroatoms. The number of quaternary nitrogens is 1. The molecule has 8 nitrogen and oxygen atoms in total. The number of hydrogen-bond acceptors (Lipinski definition) is 7. The van der Waals surface area contributed by atoms with Crippen molar-refractivity contribution in [1.82, 2.24) is 19.9 Å². The predicted molar refractivity (Wildman–Crippen MR) is 115 cm³/mol. The van der Waals surface area contributed by atoms with E-state index in [4.69, 9.17) is 9.97 Å². The highest BCUT2D eigenvalue weighted by molar-refractivity contribution is 5.94. The van der Waals surface area contributed by atoms with Crippen LogP contribution in [0.5, 0.6) is 0 Å². The number of fused-ring (bicyclic) bond motifs is 1. The third kappa shape index (κ3) is 3.93. The molecule has 2 fully saturated rings. The van der Waals surface area contributed by atoms with Crippen LogP contribution in [0, 0.1) is 12.8 Å². The van der Waals surface area contributed by atoms with Crippen LogP contribution in [0.25, 0.3) is 11.0 Å². The minimum absolute atomic E-state index is 0.728. The van der Waals surface area contributed by atoms with Crippen LogP contribution in [0.4, 0.5) is 23.3 Å². The highest BCUT2D eigenvalue weighted by atomic mass is 15.3. The maximum Gasteiger partial charge on any atom is 0.228 e. The van der Waals surface area contributed by atoms with E-state index in [9.17, 15) is 0 Å². The molecule has 4 N–H and O–H groups in total. The molecule has 2 aromatic heterocycles. The molecule has 0 bridgehead atoms. The Hall–Kier alpha value is -3.00. The monoisotopic (exact) mass is 391 g/mol. The molecule has 3 heterocycles. The maximum absolute atomic E-state index is 4.90. The molecule has 0 amide bonds. The fraction of sp³-hybridized carbons (Fsp3) is 0.429. The number of nitrogens with two attached hydrogens (primary N) is 1. The lowest BCUT2D eigenvalue weighted by Crippen LogP contribution is -2.89. The van der Waals surface area contributed by atoms with Crippen LogP contribution in [0.1, 0.15) is 18.4 Å². The third-order valence-corrected chi connectivity index (χ3v) is 5.61. The summed E-state index contributed by atoms with van der Waals surface area (Å²) < 4.78 is 0. The number of nitrogens with one attached hydrogen (secondary N) is 2. The van der Waals surface area contributed by atoms with E-state index in [0.29, 0.717) is 0 Å². The van der Waals surface area contributed by atoms with Gasteiger partial charge in [0, 0.05) is 12.2 Å². The zero-order valence-corrected chi connectivity index (χ0v) is 16.7. The summed E-state index contributed by atoms with van der Waals surface area (Å²) in [6, 6.07) is 8.21. The molecule has 29 heavy (non-hydrogen) atoms. The number of piperazine rings is 1. The van der Waals surface area contributed by atoms with Gasteiger partial charge in [-0.15, -0.1) is 0 Å². The van der Waals surface area contributed by atoms with Crippen LogP contribution in [-0.2, 0) is 0 Å². The first-order valence-corrected chi connectivity index (χ1v) is 10.4. The number of benzene rings is 1. The van der Waals surface area contributed by atoms with Crippen molar-refractivity contribution in [3.05, 3.63) is 36.2 Å². The van der Waals surface area contributed by atoms with Gasteiger partial charge in [-0.2, -0.15) is 4.98 Å². The second-order valence-corrected chi connectivity index (χ2v) is 7.91. The number of nitrogens with zero attached hydrogens (tertiary/aromatic N) is 5. The largest absolute Gasteiger partial charge is 0.368 e. The molecule has 0 unspecified atom stereocenters. The molecule has 0 spiro atoms. The predicted octanol–water partition coefficient (Wildman–Crippen LogP) is 1.68. The minimum Gasteiger partial charge on any atom is -0.368 e. The summed E-state index contributed by atoms with van der Waals surface area (Å²) in [5.74, 6) is 3.02. The molecule has 5 rings (SSSR count). The molecule has 3 aromatic rings. The Morgan fingerprint density at radius 1 is 1.03 bits per heavy atom. The number of anilines is 4. The van der Waals surface area contributed by atoms with Crippen LogP contribution in [0.3, 0.4) is 0 Å². The van der Waals surface area contributed by atoms with E-state index in [1.165, 1.54) is 12.8 Å². The molecule has 0 atom stereocenters. The maximum atomic E-state index is 4.90. The van der Waals surface area contributed by atoms with Crippen LogP contribution in [0.15, 0.2) is 30.6 Å². The van der Waals surface area contributed by atoms with Gasteiger partial charge >= 0.3 is 0 Å². The van der Waals surface area contributed by atoms with Gasteiger partial charge in [0.15, 0.2) is 11.6 Å². The van der Waals surface area contributed by atoms with E-state index in [-0.39, 0.29) is 0 Å². The second kappa shape index (κ2) is 7.79. The van der Waals surface area contributed by atoms with Gasteiger partial charge in [0.1, 0.15) is 17.4 Å². The lowest BCUT2D eigenvalue weighted by molar-refractivity contribution is -0.655. The Balaban J connectivity index is 1.58. The molecule has 0 radical (unpaired) electrons. The topological polar surface area (TPSA) is 95.5 Å². The van der Waals surface area contributed by atoms with Crippen molar-refractivity contribution in [2.45, 2.75) is 19.8 Å². The van der Waals surface area contributed by atoms with Gasteiger partial charge in [-0.3, -0.25) is 0 Å². The van der Waals surface area contributed by atoms with Gasteiger partial charge in [0.25, 0.3) is 0 Å². The smallest absolute Gasteiger partial charge is 0.228 e. The van der Waals surface area contributed by atoms with Gasteiger partial charge in [0.2, 0.25) is 5.95 Å². The lowest BCUT2D eigenvalue weighted by atomic mass is 10.2. The molecule has 1 aliphatic heterocycles. The van der Waals surface area contributed by atoms with Crippen molar-refractivity contribution in [2.24, 2.45) is 5.92 Å². The number of aryl methyl sites for hydroxylation is 1. The molecular weight excluding hydrogens is 364 g/mol. The first-order valence-electron chi connectivity index (χ1n) is 10.4. The van der Waals surface area contributed by atoms with Crippen LogP contribution in [-0.4, -0.2) is 52.7 Å². The highest BCUT2D eigenvalue weighted by Crippen LogP contribution is 2.31. The lowest BCUT2D eigenvalue weighted by Gasteiger charge is -2.26. The van der Waals surface area contributed by atoms with E-state index >= 15 is 0 Å². The van der Waals surface area contributed by atoms with Crippen LogP contribution >= 0.6 is 0 Å². The summed E-state index contributed by atoms with van der Waals surface area (Å²) in [6.45, 7) is 7.01. The van der Waals surface area contributed by atoms with E-state index in [0.717, 1.165) is 78.5 Å². The SMILES string of the molecule is Cc1ccccc1Nc1nc(N2CC[NH2+]CC2)nc2c(NCC3CC3)ncnc12. The van der Waals surface area contributed by atoms with Crippen molar-refractivity contribution in [2.75, 3.05) is 48.3 Å². The van der Waals surface area contributed by atoms with Crippen molar-refractivity contribution >= 4 is 34.3 Å². The highest BCUT2D eigenvalue weighted by Gasteiger charge is 2.23. The summed E-state index contributed by atoms with van der Waals surface area (Å²) in [6.07, 6.45) is 4.18. The van der Waals surface area contributed by atoms with Crippen molar-refractivity contribution in [3.8, 4) is 0 Å². The Labute approximate surface area is 170 Å². The third-order valence-electron chi connectivity index (χ3n) is 5.61. The summed E-state index contributed by atoms with van der Waals surface area (Å²) in [4.78, 5) is 21.1. The molecule has 1 aliphatic carbocycles. The summed E-state index contributed by atoms with van der Waals surface area (Å²) in [7, 11) is 0. The van der Waals surface area contributed by atoms with Gasteiger partial charge in [-0.05, 0) is 37.3 Å². The fourth-order valence-corrected chi connectivity index (χ4v) is 3.65. The Morgan fingerprint density at radius 2 is 1.86 bits per heavy atom. The molecule has 150 valence electrons. The fourth-order valence-electron chi connectivity index (χ4n) is 3.65. The van der Waals surface area contributed by atoms with E-state index < -0.39 is 0 Å². The van der Waals surface area contributed by atoms with Gasteiger partial charge in [0.05, 0.1) is 26.2 Å². The summed E-state index contributed by atoms with van der Waals surface area (Å²) >= 11 is 0. The number of rotatable bonds is 6. The number of aromatic nitrogens is 4. The zero-order valence-electron chi connectivity index (χ0n) is 16.7. The van der Waals surface area contributed by atoms with Gasteiger partial charge in [-0.1, -0.05) is 18.2 Å². The Morgan fingerprint density at radius 3 is 2.66 bits per heavy atom. The Kier molecular flexibility index (Phi) is 4.85. The van der Waals surface area contributed by atoms with Crippen molar-refractivity contribution in [3.63, 3.8) is 0 Å². The van der Waals surface area contributed by atoms with Crippen molar-refractivity contribution < 1.29 is 5.32 Å². The van der Waals surface area contributed by atoms with Gasteiger partial charge in [-0.25, -0.2) is 15.0 Å². The molecule has 1 saturated carbocycles. The second-order valence-electron chi connectivity index (χ2n) is 7.91. The molecular formula is C21H27N8+. The minimum atomic E-state index is 0.728. The average molecular weight is 392 g/mol. The standard InChI is InChI=1S/C21H26N8/c1-14-4-2-3-5-16(14)26-20-17-18(19(25-13-24-17)23-12-15-6-7-15)27-21(28-20)29-10-8-22-9-11-29/h2-5,13,15,22H,6-12H2,1H3,(H,23,24,25)(H,26,27,28)/p+1. The summed E-state index contributed by atoms with van der Waals surface area (Å²) in [5, 5.41) is 9.31.